The molecular formula is C8H18N2O4S2. The van der Waals surface area contributed by atoms with Crippen molar-refractivity contribution < 1.29 is 16.8 Å². The lowest BCUT2D eigenvalue weighted by atomic mass is 10.1. The molecule has 96 valence electrons. The van der Waals surface area contributed by atoms with Crippen molar-refractivity contribution in [3.05, 3.63) is 0 Å². The van der Waals surface area contributed by atoms with Crippen LogP contribution in [-0.2, 0) is 19.9 Å². The topological polar surface area (TPSA) is 83.6 Å². The van der Waals surface area contributed by atoms with E-state index in [0.717, 1.165) is 32.2 Å². The Bertz CT molecular complexity index is 423. The van der Waals surface area contributed by atoms with Crippen molar-refractivity contribution in [3.8, 4) is 0 Å². The molecule has 0 spiro atoms. The first kappa shape index (κ1) is 13.9. The molecule has 0 aromatic rings. The molecule has 0 bridgehead atoms. The summed E-state index contributed by atoms with van der Waals surface area (Å²) in [5.41, 5.74) is 0. The van der Waals surface area contributed by atoms with Gasteiger partial charge in [-0.15, -0.1) is 0 Å². The van der Waals surface area contributed by atoms with Crippen molar-refractivity contribution in [1.29, 1.82) is 0 Å². The summed E-state index contributed by atoms with van der Waals surface area (Å²) in [5.74, 6) is 0. The van der Waals surface area contributed by atoms with Crippen LogP contribution in [0.3, 0.4) is 0 Å². The Morgan fingerprint density at radius 1 is 1.19 bits per heavy atom. The Morgan fingerprint density at radius 3 is 2.12 bits per heavy atom. The zero-order chi connectivity index (χ0) is 12.4. The minimum absolute atomic E-state index is 0.0898. The fourth-order valence-electron chi connectivity index (χ4n) is 1.75. The van der Waals surface area contributed by atoms with Gasteiger partial charge in [-0.2, -0.15) is 0 Å². The molecule has 1 N–H and O–H groups in total. The summed E-state index contributed by atoms with van der Waals surface area (Å²) in [5, 5.41) is 2.32. The molecule has 6 nitrogen and oxygen atoms in total. The van der Waals surface area contributed by atoms with E-state index in [1.165, 1.54) is 11.4 Å². The van der Waals surface area contributed by atoms with Crippen molar-refractivity contribution in [3.63, 3.8) is 0 Å². The van der Waals surface area contributed by atoms with Crippen molar-refractivity contribution in [1.82, 2.24) is 9.62 Å². The van der Waals surface area contributed by atoms with E-state index in [4.69, 9.17) is 0 Å². The zero-order valence-corrected chi connectivity index (χ0v) is 11.1. The minimum atomic E-state index is -3.70. The molecule has 1 fully saturated rings. The molecule has 8 heteroatoms. The van der Waals surface area contributed by atoms with Gasteiger partial charge in [-0.25, -0.2) is 21.1 Å². The third-order valence-corrected chi connectivity index (χ3v) is 6.70. The van der Waals surface area contributed by atoms with Crippen LogP contribution in [0.1, 0.15) is 12.8 Å². The fourth-order valence-corrected chi connectivity index (χ4v) is 5.25. The van der Waals surface area contributed by atoms with Crippen molar-refractivity contribution in [2.24, 2.45) is 0 Å². The molecular weight excluding hydrogens is 252 g/mol. The lowest BCUT2D eigenvalue weighted by molar-refractivity contribution is 0.297. The van der Waals surface area contributed by atoms with Crippen LogP contribution in [0.2, 0.25) is 0 Å². The molecule has 0 radical (unpaired) electrons. The second kappa shape index (κ2) is 4.99. The van der Waals surface area contributed by atoms with E-state index in [9.17, 15) is 16.8 Å². The van der Waals surface area contributed by atoms with E-state index in [0.29, 0.717) is 0 Å². The van der Waals surface area contributed by atoms with Crippen molar-refractivity contribution in [2.45, 2.75) is 18.9 Å². The Balaban J connectivity index is 2.75. The second-order valence-corrected chi connectivity index (χ2v) is 8.69. The van der Waals surface area contributed by atoms with Crippen LogP contribution in [-0.4, -0.2) is 58.7 Å². The highest BCUT2D eigenvalue weighted by Crippen LogP contribution is 2.15. The largest absolute Gasteiger partial charge is 0.317 e. The molecule has 1 aliphatic heterocycles. The summed E-state index contributed by atoms with van der Waals surface area (Å²) < 4.78 is 46.8. The average molecular weight is 270 g/mol. The number of sulfonamides is 1. The van der Waals surface area contributed by atoms with Crippen LogP contribution in [0, 0.1) is 0 Å². The third kappa shape index (κ3) is 4.00. The van der Waals surface area contributed by atoms with Gasteiger partial charge in [0.15, 0.2) is 14.9 Å². The van der Waals surface area contributed by atoms with Gasteiger partial charge in [0.1, 0.15) is 0 Å². The maximum atomic E-state index is 11.8. The standard InChI is InChI=1S/C8H18N2O4S2/c1-10(8-3-5-9-6-4-8)16(13,14)7-15(2,11)12/h8-9H,3-7H2,1-2H3. The smallest absolute Gasteiger partial charge is 0.228 e. The molecule has 0 amide bonds. The van der Waals surface area contributed by atoms with Gasteiger partial charge < -0.3 is 5.32 Å². The van der Waals surface area contributed by atoms with Gasteiger partial charge in [-0.3, -0.25) is 0 Å². The van der Waals surface area contributed by atoms with Crippen LogP contribution in [0.25, 0.3) is 0 Å². The lowest BCUT2D eigenvalue weighted by Crippen LogP contribution is -2.45. The molecule has 0 aromatic carbocycles. The molecule has 0 aromatic heterocycles. The fraction of sp³-hybridized carbons (Fsp3) is 1.00. The number of rotatable bonds is 4. The van der Waals surface area contributed by atoms with Crippen molar-refractivity contribution >= 4 is 19.9 Å². The Morgan fingerprint density at radius 2 is 1.69 bits per heavy atom. The first-order chi connectivity index (χ1) is 7.22. The molecule has 0 unspecified atom stereocenters. The van der Waals surface area contributed by atoms with E-state index >= 15 is 0 Å². The van der Waals surface area contributed by atoms with E-state index < -0.39 is 24.9 Å². The summed E-state index contributed by atoms with van der Waals surface area (Å²) in [4.78, 5) is 0. The number of hydrogen-bond donors (Lipinski definition) is 1. The second-order valence-electron chi connectivity index (χ2n) is 4.15. The van der Waals surface area contributed by atoms with Gasteiger partial charge >= 0.3 is 0 Å². The number of hydrogen-bond acceptors (Lipinski definition) is 5. The van der Waals surface area contributed by atoms with Crippen LogP contribution in [0.5, 0.6) is 0 Å². The van der Waals surface area contributed by atoms with Crippen LogP contribution >= 0.6 is 0 Å². The molecule has 1 rings (SSSR count). The van der Waals surface area contributed by atoms with Gasteiger partial charge in [-0.1, -0.05) is 0 Å². The Labute approximate surface area is 97.0 Å². The number of nitrogens with zero attached hydrogens (tertiary/aromatic N) is 1. The number of sulfone groups is 1. The molecule has 1 heterocycles. The quantitative estimate of drug-likeness (QED) is 0.708. The summed E-state index contributed by atoms with van der Waals surface area (Å²) >= 11 is 0. The maximum absolute atomic E-state index is 11.8. The van der Waals surface area contributed by atoms with Crippen LogP contribution in [0.15, 0.2) is 0 Å². The van der Waals surface area contributed by atoms with E-state index in [1.807, 2.05) is 0 Å². The summed E-state index contributed by atoms with van der Waals surface area (Å²) in [7, 11) is -5.76. The molecule has 1 saturated heterocycles. The molecule has 1 aliphatic rings. The van der Waals surface area contributed by atoms with Crippen LogP contribution in [0.4, 0.5) is 0 Å². The Kier molecular flexibility index (Phi) is 4.33. The lowest BCUT2D eigenvalue weighted by Gasteiger charge is -2.30. The number of piperidine rings is 1. The highest BCUT2D eigenvalue weighted by molar-refractivity contribution is 8.06. The maximum Gasteiger partial charge on any atom is 0.228 e. The van der Waals surface area contributed by atoms with Gasteiger partial charge in [0.05, 0.1) is 0 Å². The Hall–Kier alpha value is -0.180. The summed E-state index contributed by atoms with van der Waals surface area (Å²) in [6.07, 6.45) is 2.37. The van der Waals surface area contributed by atoms with Crippen molar-refractivity contribution in [2.75, 3.05) is 31.5 Å². The highest BCUT2D eigenvalue weighted by atomic mass is 32.3. The predicted molar refractivity (Wildman–Crippen MR) is 62.3 cm³/mol. The average Bonchev–Trinajstić information content (AvgIpc) is 2.14. The van der Waals surface area contributed by atoms with Gasteiger partial charge in [-0.05, 0) is 25.9 Å². The highest BCUT2D eigenvalue weighted by Gasteiger charge is 2.30. The first-order valence-electron chi connectivity index (χ1n) is 5.06. The monoisotopic (exact) mass is 270 g/mol. The van der Waals surface area contributed by atoms with Gasteiger partial charge in [0.2, 0.25) is 10.0 Å². The molecule has 0 aliphatic carbocycles. The SMILES string of the molecule is CN(C1CCNCC1)S(=O)(=O)CS(C)(=O)=O. The molecule has 16 heavy (non-hydrogen) atoms. The van der Waals surface area contributed by atoms with Crippen LogP contribution < -0.4 is 5.32 Å². The zero-order valence-electron chi connectivity index (χ0n) is 9.51. The summed E-state index contributed by atoms with van der Waals surface area (Å²) in [6.45, 7) is 1.53. The predicted octanol–water partition coefficient (Wildman–Crippen LogP) is -0.998. The molecule has 0 saturated carbocycles. The minimum Gasteiger partial charge on any atom is -0.317 e. The van der Waals surface area contributed by atoms with Gasteiger partial charge in [0, 0.05) is 19.3 Å². The van der Waals surface area contributed by atoms with E-state index in [-0.39, 0.29) is 6.04 Å². The number of nitrogens with one attached hydrogen (secondary N) is 1. The third-order valence-electron chi connectivity index (χ3n) is 2.62. The summed E-state index contributed by atoms with van der Waals surface area (Å²) in [6, 6.07) is -0.0898. The molecule has 0 atom stereocenters. The van der Waals surface area contributed by atoms with Gasteiger partial charge in [0.25, 0.3) is 0 Å². The first-order valence-corrected chi connectivity index (χ1v) is 8.73. The van der Waals surface area contributed by atoms with E-state index in [2.05, 4.69) is 5.32 Å². The van der Waals surface area contributed by atoms with E-state index in [1.54, 1.807) is 0 Å². The normalized spacial score (nSPS) is 20.2.